The molecule has 0 heterocycles. The van der Waals surface area contributed by atoms with Gasteiger partial charge in [-0.3, -0.25) is 0 Å². The first-order valence-electron chi connectivity index (χ1n) is 4.25. The number of rotatable bonds is 1. The molecule has 0 amide bonds. The maximum absolute atomic E-state index is 11.9. The normalized spacial score (nSPS) is 12.6. The van der Waals surface area contributed by atoms with Crippen molar-refractivity contribution in [2.75, 3.05) is 5.73 Å². The van der Waals surface area contributed by atoms with Crippen molar-refractivity contribution < 1.29 is 17.4 Å². The zero-order chi connectivity index (χ0) is 12.1. The number of anilines is 1. The van der Waals surface area contributed by atoms with Gasteiger partial charge in [-0.15, -0.1) is 0 Å². The van der Waals surface area contributed by atoms with Crippen molar-refractivity contribution in [2.24, 2.45) is 0 Å². The Morgan fingerprint density at radius 2 is 1.53 bits per heavy atom. The van der Waals surface area contributed by atoms with E-state index in [4.69, 9.17) is 5.73 Å². The van der Waals surface area contributed by atoms with E-state index in [-0.39, 0.29) is 4.90 Å². The summed E-state index contributed by atoms with van der Waals surface area (Å²) in [6.45, 7) is 4.00. The summed E-state index contributed by atoms with van der Waals surface area (Å²) in [6, 6.07) is 4.75. The molecule has 0 aromatic heterocycles. The Morgan fingerprint density at radius 3 is 1.87 bits per heavy atom. The molecule has 6 heteroatoms. The Balaban J connectivity index is 0.000000921. The van der Waals surface area contributed by atoms with Crippen LogP contribution < -0.4 is 5.73 Å². The lowest BCUT2D eigenvalue weighted by atomic mass is 10.3. The summed E-state index contributed by atoms with van der Waals surface area (Å²) < 4.78 is 46.4. The zero-order valence-corrected chi connectivity index (χ0v) is 9.15. The topological polar surface area (TPSA) is 43.1 Å². The van der Waals surface area contributed by atoms with Crippen LogP contribution in [-0.4, -0.2) is 9.72 Å². The van der Waals surface area contributed by atoms with Crippen molar-refractivity contribution in [3.8, 4) is 0 Å². The number of nitrogens with two attached hydrogens (primary N) is 1. The van der Waals surface area contributed by atoms with Gasteiger partial charge in [-0.2, -0.15) is 13.2 Å². The first-order chi connectivity index (χ1) is 6.91. The van der Waals surface area contributed by atoms with E-state index in [0.29, 0.717) is 5.69 Å². The molecule has 1 unspecified atom stereocenters. The summed E-state index contributed by atoms with van der Waals surface area (Å²) >= 11 is 0. The standard InChI is InChI=1S/C7H6F3NOS.C2H6/c8-7(9,10)13(12)6-3-1-5(11)2-4-6;1-2/h1-4H,11H2;1-2H3. The highest BCUT2D eigenvalue weighted by Gasteiger charge is 2.37. The molecule has 0 fully saturated rings. The molecule has 0 bridgehead atoms. The average molecular weight is 239 g/mol. The minimum Gasteiger partial charge on any atom is -0.399 e. The maximum atomic E-state index is 11.9. The van der Waals surface area contributed by atoms with Gasteiger partial charge in [-0.1, -0.05) is 13.8 Å². The van der Waals surface area contributed by atoms with Crippen molar-refractivity contribution in [3.63, 3.8) is 0 Å². The van der Waals surface area contributed by atoms with Crippen LogP contribution in [0.1, 0.15) is 13.8 Å². The van der Waals surface area contributed by atoms with E-state index in [1.54, 1.807) is 0 Å². The molecule has 0 aliphatic carbocycles. The van der Waals surface area contributed by atoms with Gasteiger partial charge in [0.15, 0.2) is 10.8 Å². The van der Waals surface area contributed by atoms with Gasteiger partial charge in [0, 0.05) is 10.6 Å². The van der Waals surface area contributed by atoms with Gasteiger partial charge in [-0.25, -0.2) is 4.21 Å². The van der Waals surface area contributed by atoms with Gasteiger partial charge in [0.05, 0.1) is 0 Å². The van der Waals surface area contributed by atoms with E-state index < -0.39 is 16.3 Å². The second-order valence-corrected chi connectivity index (χ2v) is 3.76. The second kappa shape index (κ2) is 5.75. The zero-order valence-electron chi connectivity index (χ0n) is 8.34. The van der Waals surface area contributed by atoms with Crippen molar-refractivity contribution in [3.05, 3.63) is 24.3 Å². The third kappa shape index (κ3) is 4.33. The highest BCUT2D eigenvalue weighted by molar-refractivity contribution is 7.86. The quantitative estimate of drug-likeness (QED) is 0.766. The van der Waals surface area contributed by atoms with Crippen LogP contribution in [0.25, 0.3) is 0 Å². The first kappa shape index (κ1) is 14.0. The molecule has 1 aromatic rings. The number of halogens is 3. The largest absolute Gasteiger partial charge is 0.475 e. The van der Waals surface area contributed by atoms with Crippen LogP contribution in [0.4, 0.5) is 18.9 Å². The third-order valence-electron chi connectivity index (χ3n) is 1.30. The van der Waals surface area contributed by atoms with E-state index in [0.717, 1.165) is 12.1 Å². The van der Waals surface area contributed by atoms with Crippen LogP contribution in [0, 0.1) is 0 Å². The lowest BCUT2D eigenvalue weighted by molar-refractivity contribution is -0.0384. The van der Waals surface area contributed by atoms with Crippen molar-refractivity contribution >= 4 is 16.5 Å². The molecule has 2 N–H and O–H groups in total. The number of benzene rings is 1. The fourth-order valence-electron chi connectivity index (χ4n) is 0.725. The van der Waals surface area contributed by atoms with Gasteiger partial charge in [-0.05, 0) is 24.3 Å². The van der Waals surface area contributed by atoms with Gasteiger partial charge in [0.2, 0.25) is 0 Å². The summed E-state index contributed by atoms with van der Waals surface area (Å²) in [5, 5.41) is 0. The van der Waals surface area contributed by atoms with E-state index in [9.17, 15) is 17.4 Å². The highest BCUT2D eigenvalue weighted by Crippen LogP contribution is 2.26. The molecule has 0 aliphatic rings. The molecular formula is C9H12F3NOS. The Morgan fingerprint density at radius 1 is 1.13 bits per heavy atom. The molecule has 0 radical (unpaired) electrons. The van der Waals surface area contributed by atoms with Crippen LogP contribution in [0.15, 0.2) is 29.2 Å². The average Bonchev–Trinajstić information content (AvgIpc) is 2.20. The Bertz CT molecular complexity index is 321. The Kier molecular flexibility index (Phi) is 5.35. The Labute approximate surface area is 88.7 Å². The van der Waals surface area contributed by atoms with Crippen molar-refractivity contribution in [1.29, 1.82) is 0 Å². The van der Waals surface area contributed by atoms with Gasteiger partial charge >= 0.3 is 5.51 Å². The number of hydrogen-bond donors (Lipinski definition) is 1. The minimum absolute atomic E-state index is 0.290. The van der Waals surface area contributed by atoms with E-state index in [1.807, 2.05) is 13.8 Å². The molecule has 2 nitrogen and oxygen atoms in total. The van der Waals surface area contributed by atoms with Crippen LogP contribution in [0.3, 0.4) is 0 Å². The molecule has 0 saturated carbocycles. The van der Waals surface area contributed by atoms with E-state index >= 15 is 0 Å². The monoisotopic (exact) mass is 239 g/mol. The van der Waals surface area contributed by atoms with Crippen LogP contribution in [0.2, 0.25) is 0 Å². The lowest BCUT2D eigenvalue weighted by Gasteiger charge is -2.05. The van der Waals surface area contributed by atoms with Crippen molar-refractivity contribution in [2.45, 2.75) is 24.3 Å². The van der Waals surface area contributed by atoms with Crippen LogP contribution in [-0.2, 0) is 10.8 Å². The second-order valence-electron chi connectivity index (χ2n) is 2.28. The maximum Gasteiger partial charge on any atom is 0.475 e. The summed E-state index contributed by atoms with van der Waals surface area (Å²) in [5.41, 5.74) is 0.880. The predicted octanol–water partition coefficient (Wildman–Crippen LogP) is 2.92. The predicted molar refractivity (Wildman–Crippen MR) is 54.7 cm³/mol. The lowest BCUT2D eigenvalue weighted by Crippen LogP contribution is -2.16. The highest BCUT2D eigenvalue weighted by atomic mass is 32.2. The van der Waals surface area contributed by atoms with Gasteiger partial charge in [0.25, 0.3) is 0 Å². The molecule has 15 heavy (non-hydrogen) atoms. The fourth-order valence-corrected chi connectivity index (χ4v) is 1.38. The molecule has 1 rings (SSSR count). The minimum atomic E-state index is -4.71. The summed E-state index contributed by atoms with van der Waals surface area (Å²) in [6.07, 6.45) is 0. The third-order valence-corrected chi connectivity index (χ3v) is 2.43. The van der Waals surface area contributed by atoms with Crippen LogP contribution >= 0.6 is 0 Å². The van der Waals surface area contributed by atoms with E-state index in [2.05, 4.69) is 0 Å². The van der Waals surface area contributed by atoms with Crippen LogP contribution in [0.5, 0.6) is 0 Å². The molecular weight excluding hydrogens is 227 g/mol. The number of nitrogen functional groups attached to an aromatic ring is 1. The molecule has 86 valence electrons. The van der Waals surface area contributed by atoms with Gasteiger partial charge in [0.1, 0.15) is 0 Å². The summed E-state index contributed by atoms with van der Waals surface area (Å²) in [5.74, 6) is 0. The SMILES string of the molecule is CC.Nc1ccc(S(=O)C(F)(F)F)cc1. The van der Waals surface area contributed by atoms with E-state index in [1.165, 1.54) is 12.1 Å². The molecule has 0 saturated heterocycles. The van der Waals surface area contributed by atoms with Gasteiger partial charge < -0.3 is 5.73 Å². The molecule has 0 aliphatic heterocycles. The fraction of sp³-hybridized carbons (Fsp3) is 0.333. The number of alkyl halides is 3. The Hall–Kier alpha value is -1.04. The number of hydrogen-bond acceptors (Lipinski definition) is 2. The summed E-state index contributed by atoms with van der Waals surface area (Å²) in [4.78, 5) is -0.290. The van der Waals surface area contributed by atoms with Crippen molar-refractivity contribution in [1.82, 2.24) is 0 Å². The smallest absolute Gasteiger partial charge is 0.399 e. The molecule has 1 atom stereocenters. The summed E-state index contributed by atoms with van der Waals surface area (Å²) in [7, 11) is -2.96. The molecule has 0 spiro atoms. The molecule has 1 aromatic carbocycles. The first-order valence-corrected chi connectivity index (χ1v) is 5.40.